The average molecular weight is 261 g/mol. The number of pyridine rings is 1. The Morgan fingerprint density at radius 3 is 2.40 bits per heavy atom. The van der Waals surface area contributed by atoms with Gasteiger partial charge >= 0.3 is 0 Å². The van der Waals surface area contributed by atoms with E-state index in [2.05, 4.69) is 31.2 Å². The van der Waals surface area contributed by atoms with Crippen molar-refractivity contribution in [2.75, 3.05) is 0 Å². The minimum absolute atomic E-state index is 0.694. The molecule has 0 saturated carbocycles. The summed E-state index contributed by atoms with van der Waals surface area (Å²) in [7, 11) is 0. The first-order chi connectivity index (χ1) is 9.67. The molecular weight excluding hydrogens is 246 g/mol. The van der Waals surface area contributed by atoms with Gasteiger partial charge in [0.1, 0.15) is 6.29 Å². The summed E-state index contributed by atoms with van der Waals surface area (Å²) in [6, 6.07) is 16.1. The molecule has 0 spiro atoms. The fourth-order valence-corrected chi connectivity index (χ4v) is 2.39. The summed E-state index contributed by atoms with van der Waals surface area (Å²) in [5, 5.41) is 1.00. The van der Waals surface area contributed by atoms with Gasteiger partial charge in [0, 0.05) is 16.5 Å². The van der Waals surface area contributed by atoms with Crippen LogP contribution in [0.15, 0.2) is 48.5 Å². The van der Waals surface area contributed by atoms with Crippen LogP contribution < -0.4 is 0 Å². The molecule has 98 valence electrons. The average Bonchev–Trinajstić information content (AvgIpc) is 2.47. The van der Waals surface area contributed by atoms with Crippen molar-refractivity contribution in [3.63, 3.8) is 0 Å². The second-order valence-corrected chi connectivity index (χ2v) is 5.09. The van der Waals surface area contributed by atoms with Crippen LogP contribution in [0, 0.1) is 13.8 Å². The lowest BCUT2D eigenvalue weighted by atomic mass is 10.0. The molecule has 0 N–H and O–H groups in total. The van der Waals surface area contributed by atoms with E-state index in [-0.39, 0.29) is 0 Å². The summed E-state index contributed by atoms with van der Waals surface area (Å²) < 4.78 is 0. The van der Waals surface area contributed by atoms with Crippen molar-refractivity contribution < 1.29 is 4.79 Å². The summed E-state index contributed by atoms with van der Waals surface area (Å²) >= 11 is 0. The number of aryl methyl sites for hydroxylation is 2. The maximum Gasteiger partial charge on any atom is 0.150 e. The van der Waals surface area contributed by atoms with Crippen LogP contribution >= 0.6 is 0 Å². The maximum absolute atomic E-state index is 10.9. The van der Waals surface area contributed by atoms with Gasteiger partial charge in [0.15, 0.2) is 0 Å². The van der Waals surface area contributed by atoms with Crippen molar-refractivity contribution in [3.8, 4) is 11.3 Å². The molecule has 0 aliphatic rings. The fraction of sp³-hybridized carbons (Fsp3) is 0.111. The largest absolute Gasteiger partial charge is 0.298 e. The fourth-order valence-electron chi connectivity index (χ4n) is 2.39. The lowest BCUT2D eigenvalue weighted by Crippen LogP contribution is -1.90. The molecule has 0 aliphatic carbocycles. The molecule has 3 rings (SSSR count). The predicted molar refractivity (Wildman–Crippen MR) is 82.0 cm³/mol. The van der Waals surface area contributed by atoms with E-state index >= 15 is 0 Å². The summed E-state index contributed by atoms with van der Waals surface area (Å²) in [5.74, 6) is 0. The van der Waals surface area contributed by atoms with Crippen LogP contribution in [0.3, 0.4) is 0 Å². The highest BCUT2D eigenvalue weighted by atomic mass is 16.1. The Morgan fingerprint density at radius 1 is 0.950 bits per heavy atom. The summed E-state index contributed by atoms with van der Waals surface area (Å²) in [4.78, 5) is 15.6. The normalized spacial score (nSPS) is 10.7. The van der Waals surface area contributed by atoms with E-state index in [1.165, 1.54) is 5.56 Å². The highest BCUT2D eigenvalue weighted by Crippen LogP contribution is 2.24. The van der Waals surface area contributed by atoms with E-state index < -0.39 is 0 Å². The monoisotopic (exact) mass is 261 g/mol. The Morgan fingerprint density at radius 2 is 1.70 bits per heavy atom. The molecule has 0 saturated heterocycles. The van der Waals surface area contributed by atoms with Gasteiger partial charge in [-0.3, -0.25) is 4.79 Å². The molecule has 1 heterocycles. The highest BCUT2D eigenvalue weighted by Gasteiger charge is 2.05. The van der Waals surface area contributed by atoms with Gasteiger partial charge in [-0.1, -0.05) is 35.9 Å². The number of carbonyl (C=O) groups excluding carboxylic acids is 1. The quantitative estimate of drug-likeness (QED) is 0.643. The number of aldehydes is 1. The third-order valence-corrected chi connectivity index (χ3v) is 3.49. The van der Waals surface area contributed by atoms with Crippen LogP contribution in [0.2, 0.25) is 0 Å². The number of hydrogen-bond donors (Lipinski definition) is 0. The summed E-state index contributed by atoms with van der Waals surface area (Å²) in [5.41, 5.74) is 5.98. The summed E-state index contributed by atoms with van der Waals surface area (Å²) in [6.07, 6.45) is 0.875. The number of hydrogen-bond acceptors (Lipinski definition) is 2. The molecule has 20 heavy (non-hydrogen) atoms. The number of benzene rings is 2. The maximum atomic E-state index is 10.9. The van der Waals surface area contributed by atoms with Crippen molar-refractivity contribution in [2.24, 2.45) is 0 Å². The van der Waals surface area contributed by atoms with E-state index in [0.717, 1.165) is 34.0 Å². The molecular formula is C18H15NO. The van der Waals surface area contributed by atoms with Gasteiger partial charge in [0.2, 0.25) is 0 Å². The molecule has 0 radical (unpaired) electrons. The predicted octanol–water partition coefficient (Wildman–Crippen LogP) is 4.33. The highest BCUT2D eigenvalue weighted by molar-refractivity contribution is 5.90. The second kappa shape index (κ2) is 4.89. The first-order valence-electron chi connectivity index (χ1n) is 6.61. The van der Waals surface area contributed by atoms with Crippen LogP contribution in [-0.2, 0) is 0 Å². The first-order valence-corrected chi connectivity index (χ1v) is 6.61. The van der Waals surface area contributed by atoms with Gasteiger partial charge in [0.05, 0.1) is 11.2 Å². The number of carbonyl (C=O) groups is 1. The standard InChI is InChI=1S/C18H15NO/c1-12-3-5-15(6-4-12)17-8-7-16-10-14(11-20)9-13(2)18(16)19-17/h3-11H,1-2H3. The van der Waals surface area contributed by atoms with Crippen molar-refractivity contribution >= 4 is 17.2 Å². The molecule has 2 aromatic carbocycles. The van der Waals surface area contributed by atoms with Gasteiger partial charge in [-0.2, -0.15) is 0 Å². The molecule has 2 nitrogen and oxygen atoms in total. The molecule has 0 aliphatic heterocycles. The van der Waals surface area contributed by atoms with Gasteiger partial charge in [0.25, 0.3) is 0 Å². The topological polar surface area (TPSA) is 30.0 Å². The third kappa shape index (κ3) is 2.21. The minimum atomic E-state index is 0.694. The molecule has 0 amide bonds. The third-order valence-electron chi connectivity index (χ3n) is 3.49. The molecule has 3 aromatic rings. The van der Waals surface area contributed by atoms with Crippen LogP contribution in [0.5, 0.6) is 0 Å². The Balaban J connectivity index is 2.17. The van der Waals surface area contributed by atoms with Crippen molar-refractivity contribution in [2.45, 2.75) is 13.8 Å². The first kappa shape index (κ1) is 12.5. The molecule has 1 aromatic heterocycles. The minimum Gasteiger partial charge on any atom is -0.298 e. The number of rotatable bonds is 2. The number of aromatic nitrogens is 1. The van der Waals surface area contributed by atoms with Crippen molar-refractivity contribution in [1.82, 2.24) is 4.98 Å². The zero-order chi connectivity index (χ0) is 14.1. The lowest BCUT2D eigenvalue weighted by Gasteiger charge is -2.07. The number of nitrogens with zero attached hydrogens (tertiary/aromatic N) is 1. The van der Waals surface area contributed by atoms with Crippen LogP contribution in [0.4, 0.5) is 0 Å². The molecule has 0 bridgehead atoms. The van der Waals surface area contributed by atoms with E-state index in [1.54, 1.807) is 0 Å². The molecule has 2 heteroatoms. The van der Waals surface area contributed by atoms with E-state index in [1.807, 2.05) is 31.2 Å². The van der Waals surface area contributed by atoms with Gasteiger partial charge < -0.3 is 0 Å². The SMILES string of the molecule is Cc1ccc(-c2ccc3cc(C=O)cc(C)c3n2)cc1. The molecule has 0 atom stereocenters. The van der Waals surface area contributed by atoms with Gasteiger partial charge in [-0.15, -0.1) is 0 Å². The summed E-state index contributed by atoms with van der Waals surface area (Å²) in [6.45, 7) is 4.06. The Kier molecular flexibility index (Phi) is 3.07. The smallest absolute Gasteiger partial charge is 0.150 e. The van der Waals surface area contributed by atoms with E-state index in [4.69, 9.17) is 4.98 Å². The van der Waals surface area contributed by atoms with Gasteiger partial charge in [-0.05, 0) is 37.6 Å². The second-order valence-electron chi connectivity index (χ2n) is 5.09. The molecule has 0 fully saturated rings. The van der Waals surface area contributed by atoms with Crippen molar-refractivity contribution in [3.05, 3.63) is 65.2 Å². The Bertz CT molecular complexity index is 788. The Hall–Kier alpha value is -2.48. The zero-order valence-electron chi connectivity index (χ0n) is 11.6. The van der Waals surface area contributed by atoms with Gasteiger partial charge in [-0.25, -0.2) is 4.98 Å². The van der Waals surface area contributed by atoms with Crippen molar-refractivity contribution in [1.29, 1.82) is 0 Å². The van der Waals surface area contributed by atoms with E-state index in [9.17, 15) is 4.79 Å². The zero-order valence-corrected chi connectivity index (χ0v) is 11.6. The van der Waals surface area contributed by atoms with Crippen LogP contribution in [-0.4, -0.2) is 11.3 Å². The number of fused-ring (bicyclic) bond motifs is 1. The lowest BCUT2D eigenvalue weighted by molar-refractivity contribution is 0.112. The Labute approximate surface area is 118 Å². The van der Waals surface area contributed by atoms with Crippen LogP contribution in [0.1, 0.15) is 21.5 Å². The molecule has 0 unspecified atom stereocenters. The van der Waals surface area contributed by atoms with E-state index in [0.29, 0.717) is 5.56 Å². The van der Waals surface area contributed by atoms with Crippen LogP contribution in [0.25, 0.3) is 22.2 Å².